The molecule has 16 nitrogen and oxygen atoms in total. The van der Waals surface area contributed by atoms with Crippen molar-refractivity contribution in [3.8, 4) is 33.4 Å². The highest BCUT2D eigenvalue weighted by Gasteiger charge is 2.28. The molecule has 3 aromatic carbocycles. The number of imidazole rings is 2. The van der Waals surface area contributed by atoms with Crippen LogP contribution in [0, 0.1) is 25.7 Å². The lowest BCUT2D eigenvalue weighted by molar-refractivity contribution is 0.0686. The number of carbonyl (C=O) groups is 6. The molecule has 0 aliphatic heterocycles. The zero-order chi connectivity index (χ0) is 60.4. The topological polar surface area (TPSA) is 226 Å². The maximum Gasteiger partial charge on any atom is 0.339 e. The Balaban J connectivity index is 0.000000142. The molecule has 85 heavy (non-hydrogen) atoms. The second-order valence-electron chi connectivity index (χ2n) is 18.6. The van der Waals surface area contributed by atoms with Gasteiger partial charge in [0.25, 0.3) is 11.8 Å². The van der Waals surface area contributed by atoms with E-state index < -0.39 is 47.2 Å². The van der Waals surface area contributed by atoms with E-state index in [9.17, 15) is 52.9 Å². The molecule has 9 aromatic heterocycles. The van der Waals surface area contributed by atoms with Gasteiger partial charge in [0, 0.05) is 83.1 Å². The highest BCUT2D eigenvalue weighted by molar-refractivity contribution is 9.10. The van der Waals surface area contributed by atoms with Crippen molar-refractivity contribution in [1.29, 1.82) is 0 Å². The minimum atomic E-state index is -1.19. The number of carboxylic acid groups (broad SMARTS) is 3. The van der Waals surface area contributed by atoms with Crippen molar-refractivity contribution in [2.75, 3.05) is 10.6 Å². The smallest absolute Gasteiger partial charge is 0.339 e. The Morgan fingerprint density at radius 1 is 0.600 bits per heavy atom. The molecule has 0 spiro atoms. The van der Waals surface area contributed by atoms with Gasteiger partial charge in [-0.2, -0.15) is 8.78 Å². The fraction of sp³-hybridized carbons (Fsp3) is 0.0492. The second kappa shape index (κ2) is 25.0. The van der Waals surface area contributed by atoms with Crippen molar-refractivity contribution in [3.05, 3.63) is 238 Å². The molecule has 0 saturated carbocycles. The zero-order valence-electron chi connectivity index (χ0n) is 43.9. The number of nitrogens with zero attached hydrogens (tertiary/aromatic N) is 5. The molecule has 0 aliphatic rings. The molecule has 0 aliphatic carbocycles. The SMILES string of the molecule is Cc1cccc2nc(C(=O)Cc3scc(-c4ccc(Cl)cc4)c3C(=O)O)c(F)n12.Cc1cccn2c(F)c(C(=O)Nc3scc(-c4ccc(Br)cc4)c3C(=O)O)nc12.O=C(Nc1scc(-c2ccc(Cl)cc2)c1C(=O)O)c1cc2ccccn2c1. The molecule has 9 heterocycles. The molecule has 12 rings (SSSR count). The number of ketones is 1. The highest BCUT2D eigenvalue weighted by Crippen LogP contribution is 2.39. The average molecular weight is 1300 g/mol. The van der Waals surface area contributed by atoms with Gasteiger partial charge in [0.1, 0.15) is 32.4 Å². The summed E-state index contributed by atoms with van der Waals surface area (Å²) < 4.78 is 34.6. The number of pyridine rings is 3. The predicted molar refractivity (Wildman–Crippen MR) is 329 cm³/mol. The van der Waals surface area contributed by atoms with E-state index >= 15 is 0 Å². The number of hydrogen-bond donors (Lipinski definition) is 5. The fourth-order valence-corrected chi connectivity index (χ4v) is 12.5. The Labute approximate surface area is 510 Å². The van der Waals surface area contributed by atoms with Crippen LogP contribution < -0.4 is 10.6 Å². The van der Waals surface area contributed by atoms with Crippen LogP contribution in [0.15, 0.2) is 167 Å². The number of hydrogen-bond acceptors (Lipinski definition) is 11. The third kappa shape index (κ3) is 12.4. The number of halogens is 5. The Morgan fingerprint density at radius 3 is 1.71 bits per heavy atom. The van der Waals surface area contributed by atoms with E-state index in [1.807, 2.05) is 28.8 Å². The summed E-state index contributed by atoms with van der Waals surface area (Å²) in [6.07, 6.45) is 4.78. The normalized spacial score (nSPS) is 11.0. The van der Waals surface area contributed by atoms with Crippen molar-refractivity contribution >= 4 is 135 Å². The molecule has 0 saturated heterocycles. The van der Waals surface area contributed by atoms with Crippen molar-refractivity contribution in [1.82, 2.24) is 23.2 Å². The molecule has 0 atom stereocenters. The second-order valence-corrected chi connectivity index (χ2v) is 23.1. The summed E-state index contributed by atoms with van der Waals surface area (Å²) in [6, 6.07) is 36.7. The van der Waals surface area contributed by atoms with Crippen molar-refractivity contribution in [2.24, 2.45) is 0 Å². The van der Waals surface area contributed by atoms with Crippen molar-refractivity contribution < 1.29 is 52.9 Å². The number of Topliss-reactive ketones (excluding diaryl/α,β-unsaturated/α-hetero) is 1. The molecule has 0 radical (unpaired) electrons. The average Bonchev–Trinajstić information content (AvgIpc) is 2.84. The van der Waals surface area contributed by atoms with Gasteiger partial charge in [0.2, 0.25) is 11.9 Å². The lowest BCUT2D eigenvalue weighted by Crippen LogP contribution is -2.15. The number of amides is 2. The van der Waals surface area contributed by atoms with Crippen LogP contribution in [0.25, 0.3) is 50.2 Å². The number of carbonyl (C=O) groups excluding carboxylic acids is 3. The van der Waals surface area contributed by atoms with Gasteiger partial charge in [-0.1, -0.05) is 93.7 Å². The van der Waals surface area contributed by atoms with Crippen LogP contribution in [0.5, 0.6) is 0 Å². The number of nitrogens with one attached hydrogen (secondary N) is 2. The molecule has 12 aromatic rings. The molecular weight excluding hydrogens is 1260 g/mol. The molecule has 5 N–H and O–H groups in total. The lowest BCUT2D eigenvalue weighted by atomic mass is 10.0. The summed E-state index contributed by atoms with van der Waals surface area (Å²) in [5.74, 6) is -6.72. The summed E-state index contributed by atoms with van der Waals surface area (Å²) in [7, 11) is 0. The van der Waals surface area contributed by atoms with E-state index in [0.717, 1.165) is 38.2 Å². The lowest BCUT2D eigenvalue weighted by Gasteiger charge is -2.05. The van der Waals surface area contributed by atoms with E-state index in [1.165, 1.54) is 26.3 Å². The number of benzene rings is 3. The third-order valence-electron chi connectivity index (χ3n) is 13.1. The van der Waals surface area contributed by atoms with Gasteiger partial charge in [-0.05, 0) is 114 Å². The Hall–Kier alpha value is -9.16. The summed E-state index contributed by atoms with van der Waals surface area (Å²) in [5.41, 5.74) is 6.29. The van der Waals surface area contributed by atoms with Gasteiger partial charge < -0.3 is 30.4 Å². The standard InChI is InChI=1S/C21H14ClFN2O3S.C20H13BrFN3O3S.C20H13ClN2O3S/c1-11-3-2-4-17-24-19(20(23)25(11)17)15(26)9-16-18(21(27)28)14(10-29-16)12-5-7-13(22)8-6-12;1-10-3-2-8-25-16(22)15(23-17(10)25)18(26)24-19-14(20(27)28)13(9-29-19)11-4-6-12(21)7-5-11;21-14-6-4-12(5-7-14)16-11-27-19(17(16)20(25)26)22-18(24)13-9-15-3-1-2-8-23(15)10-13/h2-8,10H,9H2,1H3,(H,27,28);2-9H,1H3,(H,24,26)(H,27,28);1-11H,(H,22,24)(H,25,26). The Bertz CT molecular complexity index is 4470. The first-order valence-electron chi connectivity index (χ1n) is 25.1. The monoisotopic (exact) mass is 1300 g/mol. The molecule has 0 unspecified atom stereocenters. The molecule has 426 valence electrons. The highest BCUT2D eigenvalue weighted by atomic mass is 79.9. The number of anilines is 2. The fourth-order valence-electron chi connectivity index (χ4n) is 9.07. The molecule has 24 heteroatoms. The first-order chi connectivity index (χ1) is 40.8. The number of aryl methyl sites for hydroxylation is 2. The van der Waals surface area contributed by atoms with Crippen LogP contribution in [-0.2, 0) is 6.42 Å². The van der Waals surface area contributed by atoms with Gasteiger partial charge in [-0.25, -0.2) is 24.4 Å². The van der Waals surface area contributed by atoms with Crippen LogP contribution in [-0.4, -0.2) is 74.0 Å². The van der Waals surface area contributed by atoms with E-state index in [2.05, 4.69) is 36.5 Å². The number of fused-ring (bicyclic) bond motifs is 3. The number of thiophene rings is 3. The summed E-state index contributed by atoms with van der Waals surface area (Å²) in [5, 5.41) is 40.9. The van der Waals surface area contributed by atoms with Crippen LogP contribution >= 0.6 is 73.1 Å². The quantitative estimate of drug-likeness (QED) is 0.0682. The van der Waals surface area contributed by atoms with E-state index in [4.69, 9.17) is 23.2 Å². The van der Waals surface area contributed by atoms with Crippen LogP contribution in [0.3, 0.4) is 0 Å². The Morgan fingerprint density at radius 2 is 1.15 bits per heavy atom. The van der Waals surface area contributed by atoms with Crippen molar-refractivity contribution in [3.63, 3.8) is 0 Å². The third-order valence-corrected chi connectivity index (χ3v) is 17.0. The van der Waals surface area contributed by atoms with Crippen LogP contribution in [0.4, 0.5) is 18.8 Å². The molecule has 0 bridgehead atoms. The zero-order valence-corrected chi connectivity index (χ0v) is 49.5. The minimum Gasteiger partial charge on any atom is -0.478 e. The van der Waals surface area contributed by atoms with E-state index in [-0.39, 0.29) is 39.7 Å². The van der Waals surface area contributed by atoms with Gasteiger partial charge in [-0.15, -0.1) is 34.0 Å². The Kier molecular flexibility index (Phi) is 17.3. The van der Waals surface area contributed by atoms with Crippen LogP contribution in [0.2, 0.25) is 10.0 Å². The van der Waals surface area contributed by atoms with Crippen LogP contribution in [0.1, 0.15) is 78.5 Å². The molecule has 0 fully saturated rings. The number of carboxylic acids is 3. The largest absolute Gasteiger partial charge is 0.478 e. The van der Waals surface area contributed by atoms with Gasteiger partial charge in [0.15, 0.2) is 17.2 Å². The van der Waals surface area contributed by atoms with E-state index in [1.54, 1.807) is 145 Å². The van der Waals surface area contributed by atoms with Gasteiger partial charge in [0.05, 0.1) is 11.1 Å². The number of rotatable bonds is 13. The summed E-state index contributed by atoms with van der Waals surface area (Å²) >= 11 is 18.5. The number of aromatic nitrogens is 5. The summed E-state index contributed by atoms with van der Waals surface area (Å²) in [4.78, 5) is 82.2. The van der Waals surface area contributed by atoms with E-state index in [0.29, 0.717) is 75.9 Å². The first kappa shape index (κ1) is 59.0. The maximum atomic E-state index is 14.8. The number of aromatic carboxylic acids is 3. The predicted octanol–water partition coefficient (Wildman–Crippen LogP) is 15.8. The summed E-state index contributed by atoms with van der Waals surface area (Å²) in [6.45, 7) is 3.47. The maximum absolute atomic E-state index is 14.8. The van der Waals surface area contributed by atoms with Crippen molar-refractivity contribution in [2.45, 2.75) is 20.3 Å². The molecule has 2 amide bonds. The van der Waals surface area contributed by atoms with Gasteiger partial charge in [-0.3, -0.25) is 23.2 Å². The minimum absolute atomic E-state index is 0.0334. The first-order valence-corrected chi connectivity index (χ1v) is 29.2. The molecular formula is C61H40BrCl2F2N7O9S3. The van der Waals surface area contributed by atoms with Gasteiger partial charge >= 0.3 is 17.9 Å².